The monoisotopic (exact) mass is 376 g/mol. The molecule has 1 fully saturated rings. The molecule has 3 aromatic rings. The summed E-state index contributed by atoms with van der Waals surface area (Å²) in [6, 6.07) is 16.4. The van der Waals surface area contributed by atoms with E-state index in [9.17, 15) is 9.18 Å². The van der Waals surface area contributed by atoms with Crippen LogP contribution in [0.3, 0.4) is 0 Å². The lowest BCUT2D eigenvalue weighted by Crippen LogP contribution is -2.29. The van der Waals surface area contributed by atoms with E-state index in [2.05, 4.69) is 22.4 Å². The fourth-order valence-corrected chi connectivity index (χ4v) is 4.27. The van der Waals surface area contributed by atoms with E-state index < -0.39 is 0 Å². The number of para-hydroxylation sites is 1. The highest BCUT2D eigenvalue weighted by molar-refractivity contribution is 5.92. The summed E-state index contributed by atoms with van der Waals surface area (Å²) < 4.78 is 13.0. The predicted octanol–water partition coefficient (Wildman–Crippen LogP) is 5.92. The molecule has 4 heteroatoms. The number of aromatic nitrogens is 1. The Morgan fingerprint density at radius 3 is 2.54 bits per heavy atom. The molecular formula is C24H25FN2O. The molecule has 0 saturated heterocycles. The van der Waals surface area contributed by atoms with Gasteiger partial charge in [-0.2, -0.15) is 0 Å². The molecule has 28 heavy (non-hydrogen) atoms. The molecular weight excluding hydrogens is 351 g/mol. The average molecular weight is 376 g/mol. The first-order chi connectivity index (χ1) is 13.6. The third kappa shape index (κ3) is 4.06. The lowest BCUT2D eigenvalue weighted by Gasteiger charge is -2.32. The van der Waals surface area contributed by atoms with Gasteiger partial charge in [0.05, 0.1) is 5.52 Å². The lowest BCUT2D eigenvalue weighted by atomic mass is 9.74. The number of anilines is 1. The molecule has 2 aromatic carbocycles. The molecule has 144 valence electrons. The Bertz CT molecular complexity index is 962. The maximum Gasteiger partial charge on any atom is 0.227 e. The van der Waals surface area contributed by atoms with Gasteiger partial charge in [-0.3, -0.25) is 9.78 Å². The predicted molar refractivity (Wildman–Crippen MR) is 111 cm³/mol. The quantitative estimate of drug-likeness (QED) is 0.614. The maximum atomic E-state index is 13.0. The normalized spacial score (nSPS) is 20.6. The number of fused-ring (bicyclic) bond motifs is 1. The number of rotatable bonds is 4. The van der Waals surface area contributed by atoms with Crippen LogP contribution >= 0.6 is 0 Å². The van der Waals surface area contributed by atoms with Gasteiger partial charge >= 0.3 is 0 Å². The van der Waals surface area contributed by atoms with Crippen LogP contribution in [0.4, 0.5) is 10.1 Å². The number of nitrogens with zero attached hydrogens (tertiary/aromatic N) is 1. The van der Waals surface area contributed by atoms with E-state index in [1.54, 1.807) is 12.1 Å². The summed E-state index contributed by atoms with van der Waals surface area (Å²) in [5.41, 5.74) is 2.99. The molecule has 1 aliphatic rings. The van der Waals surface area contributed by atoms with E-state index in [4.69, 9.17) is 0 Å². The zero-order valence-electron chi connectivity index (χ0n) is 16.1. The molecule has 1 saturated carbocycles. The number of halogens is 1. The number of benzene rings is 2. The van der Waals surface area contributed by atoms with Crippen LogP contribution in [0.15, 0.2) is 60.8 Å². The summed E-state index contributed by atoms with van der Waals surface area (Å²) in [6.07, 6.45) is 6.25. The van der Waals surface area contributed by atoms with Crippen molar-refractivity contribution in [2.75, 3.05) is 5.32 Å². The highest BCUT2D eigenvalue weighted by atomic mass is 19.1. The van der Waals surface area contributed by atoms with Crippen molar-refractivity contribution in [2.24, 2.45) is 11.8 Å². The summed E-state index contributed by atoms with van der Waals surface area (Å²) in [4.78, 5) is 17.2. The number of hydrogen-bond acceptors (Lipinski definition) is 2. The third-order valence-corrected chi connectivity index (χ3v) is 6.09. The smallest absolute Gasteiger partial charge is 0.227 e. The van der Waals surface area contributed by atoms with Gasteiger partial charge in [-0.25, -0.2) is 4.39 Å². The van der Waals surface area contributed by atoms with Gasteiger partial charge in [-0.1, -0.05) is 25.1 Å². The van der Waals surface area contributed by atoms with Crippen molar-refractivity contribution < 1.29 is 9.18 Å². The highest BCUT2D eigenvalue weighted by Crippen LogP contribution is 2.39. The van der Waals surface area contributed by atoms with Crippen molar-refractivity contribution in [3.8, 4) is 0 Å². The zero-order valence-corrected chi connectivity index (χ0v) is 16.1. The van der Waals surface area contributed by atoms with Crippen molar-refractivity contribution in [1.82, 2.24) is 4.98 Å². The topological polar surface area (TPSA) is 42.0 Å². The van der Waals surface area contributed by atoms with E-state index >= 15 is 0 Å². The van der Waals surface area contributed by atoms with Gasteiger partial charge in [0.2, 0.25) is 5.91 Å². The van der Waals surface area contributed by atoms with Crippen LogP contribution in [0, 0.1) is 17.7 Å². The second kappa shape index (κ2) is 8.09. The first kappa shape index (κ1) is 18.6. The van der Waals surface area contributed by atoms with E-state index in [-0.39, 0.29) is 17.6 Å². The number of nitrogens with one attached hydrogen (secondary N) is 1. The van der Waals surface area contributed by atoms with Gasteiger partial charge < -0.3 is 5.32 Å². The summed E-state index contributed by atoms with van der Waals surface area (Å²) in [6.45, 7) is 2.00. The summed E-state index contributed by atoms with van der Waals surface area (Å²) >= 11 is 0. The minimum absolute atomic E-state index is 0.0161. The standard InChI is InChI=1S/C24H25FN2O/c1-16(24(28)27-22-12-10-21(25)11-13-22)17-6-8-18(9-7-17)20-14-19-4-2-3-5-23(19)26-15-20/h2-5,10-18H,6-9H2,1H3,(H,27,28). The van der Waals surface area contributed by atoms with Crippen LogP contribution < -0.4 is 5.32 Å². The van der Waals surface area contributed by atoms with Gasteiger partial charge in [-0.15, -0.1) is 0 Å². The van der Waals surface area contributed by atoms with Crippen molar-refractivity contribution in [2.45, 2.75) is 38.5 Å². The Balaban J connectivity index is 1.36. The third-order valence-electron chi connectivity index (χ3n) is 6.09. The molecule has 1 aliphatic carbocycles. The SMILES string of the molecule is CC(C(=O)Nc1ccc(F)cc1)C1CCC(c2cnc3ccccc3c2)CC1. The van der Waals surface area contributed by atoms with E-state index in [1.165, 1.54) is 23.1 Å². The molecule has 3 nitrogen and oxygen atoms in total. The Morgan fingerprint density at radius 1 is 1.07 bits per heavy atom. The van der Waals surface area contributed by atoms with E-state index in [0.717, 1.165) is 31.2 Å². The number of carbonyl (C=O) groups is 1. The van der Waals surface area contributed by atoms with Gasteiger partial charge in [0.1, 0.15) is 5.82 Å². The van der Waals surface area contributed by atoms with Crippen LogP contribution in [0.25, 0.3) is 10.9 Å². The molecule has 1 heterocycles. The highest BCUT2D eigenvalue weighted by Gasteiger charge is 2.29. The van der Waals surface area contributed by atoms with Crippen LogP contribution in [0.2, 0.25) is 0 Å². The van der Waals surface area contributed by atoms with Gasteiger partial charge in [0.15, 0.2) is 0 Å². The Morgan fingerprint density at radius 2 is 1.79 bits per heavy atom. The molecule has 1 aromatic heterocycles. The summed E-state index contributed by atoms with van der Waals surface area (Å²) in [5.74, 6) is 0.557. The number of carbonyl (C=O) groups excluding carboxylic acids is 1. The minimum atomic E-state index is -0.299. The second-order valence-corrected chi connectivity index (χ2v) is 7.86. The lowest BCUT2D eigenvalue weighted by molar-refractivity contribution is -0.121. The molecule has 0 radical (unpaired) electrons. The number of amides is 1. The molecule has 1 amide bonds. The fraction of sp³-hybridized carbons (Fsp3) is 0.333. The summed E-state index contributed by atoms with van der Waals surface area (Å²) in [5, 5.41) is 4.10. The van der Waals surface area contributed by atoms with Crippen LogP contribution in [0.1, 0.15) is 44.1 Å². The molecule has 4 rings (SSSR count). The van der Waals surface area contributed by atoms with Gasteiger partial charge in [0.25, 0.3) is 0 Å². The average Bonchev–Trinajstić information content (AvgIpc) is 2.74. The van der Waals surface area contributed by atoms with Crippen molar-refractivity contribution >= 4 is 22.5 Å². The first-order valence-corrected chi connectivity index (χ1v) is 10.0. The van der Waals surface area contributed by atoms with E-state index in [0.29, 0.717) is 17.5 Å². The maximum absolute atomic E-state index is 13.0. The molecule has 0 bridgehead atoms. The van der Waals surface area contributed by atoms with Crippen LogP contribution in [0.5, 0.6) is 0 Å². The van der Waals surface area contributed by atoms with Gasteiger partial charge in [-0.05, 0) is 79.5 Å². The largest absolute Gasteiger partial charge is 0.326 e. The number of hydrogen-bond donors (Lipinski definition) is 1. The van der Waals surface area contributed by atoms with Crippen LogP contribution in [-0.2, 0) is 4.79 Å². The minimum Gasteiger partial charge on any atom is -0.326 e. The fourth-order valence-electron chi connectivity index (χ4n) is 4.27. The summed E-state index contributed by atoms with van der Waals surface area (Å²) in [7, 11) is 0. The first-order valence-electron chi connectivity index (χ1n) is 10.0. The molecule has 0 aliphatic heterocycles. The molecule has 1 N–H and O–H groups in total. The second-order valence-electron chi connectivity index (χ2n) is 7.86. The molecule has 0 spiro atoms. The Hall–Kier alpha value is -2.75. The van der Waals surface area contributed by atoms with E-state index in [1.807, 2.05) is 31.3 Å². The number of pyridine rings is 1. The van der Waals surface area contributed by atoms with Gasteiger partial charge in [0, 0.05) is 23.2 Å². The van der Waals surface area contributed by atoms with Crippen molar-refractivity contribution in [3.63, 3.8) is 0 Å². The molecule has 1 unspecified atom stereocenters. The Labute approximate surface area is 165 Å². The van der Waals surface area contributed by atoms with Crippen molar-refractivity contribution in [3.05, 3.63) is 72.2 Å². The van der Waals surface area contributed by atoms with Crippen molar-refractivity contribution in [1.29, 1.82) is 0 Å². The van der Waals surface area contributed by atoms with Crippen LogP contribution in [-0.4, -0.2) is 10.9 Å². The molecule has 1 atom stereocenters. The zero-order chi connectivity index (χ0) is 19.5. The Kier molecular flexibility index (Phi) is 5.38.